The number of Topliss-reactive ketones (excluding diaryl/α,β-unsaturated/α-hetero) is 1. The number of imide groups is 1. The van der Waals surface area contributed by atoms with Gasteiger partial charge in [0.15, 0.2) is 12.4 Å². The summed E-state index contributed by atoms with van der Waals surface area (Å²) in [6.45, 7) is 0.00465. The van der Waals surface area contributed by atoms with E-state index in [9.17, 15) is 19.2 Å². The van der Waals surface area contributed by atoms with Gasteiger partial charge in [0.1, 0.15) is 0 Å². The Hall–Kier alpha value is -4.95. The number of aromatic nitrogens is 1. The molecule has 8 nitrogen and oxygen atoms in total. The van der Waals surface area contributed by atoms with Gasteiger partial charge in [-0.15, -0.1) is 0 Å². The van der Waals surface area contributed by atoms with Crippen LogP contribution in [0.15, 0.2) is 103 Å². The predicted molar refractivity (Wildman–Crippen MR) is 145 cm³/mol. The van der Waals surface area contributed by atoms with Gasteiger partial charge in [-0.25, -0.2) is 9.69 Å². The van der Waals surface area contributed by atoms with Crippen molar-refractivity contribution in [3.8, 4) is 11.1 Å². The number of hydrogen-bond acceptors (Lipinski definition) is 7. The molecule has 1 aliphatic rings. The van der Waals surface area contributed by atoms with Gasteiger partial charge in [-0.3, -0.25) is 19.4 Å². The monoisotopic (exact) mass is 519 g/mol. The van der Waals surface area contributed by atoms with Gasteiger partial charge in [-0.2, -0.15) is 0 Å². The zero-order valence-corrected chi connectivity index (χ0v) is 20.9. The van der Waals surface area contributed by atoms with Crippen molar-refractivity contribution in [3.63, 3.8) is 0 Å². The average molecular weight is 520 g/mol. The van der Waals surface area contributed by atoms with Gasteiger partial charge >= 0.3 is 5.97 Å². The summed E-state index contributed by atoms with van der Waals surface area (Å²) in [6.07, 6.45) is 3.40. The fourth-order valence-electron chi connectivity index (χ4n) is 4.33. The van der Waals surface area contributed by atoms with Crippen molar-refractivity contribution in [1.29, 1.82) is 0 Å². The minimum Gasteiger partial charge on any atom is -0.454 e. The summed E-state index contributed by atoms with van der Waals surface area (Å²) in [5, 5.41) is 3.10. The van der Waals surface area contributed by atoms with E-state index in [4.69, 9.17) is 4.74 Å². The molecule has 3 aromatic carbocycles. The lowest BCUT2D eigenvalue weighted by molar-refractivity contribution is -0.121. The van der Waals surface area contributed by atoms with Crippen molar-refractivity contribution in [2.24, 2.45) is 0 Å². The van der Waals surface area contributed by atoms with E-state index in [2.05, 4.69) is 10.3 Å². The number of benzene rings is 3. The number of rotatable bonds is 9. The van der Waals surface area contributed by atoms with E-state index in [0.717, 1.165) is 21.6 Å². The molecule has 1 unspecified atom stereocenters. The fourth-order valence-corrected chi connectivity index (χ4v) is 4.33. The zero-order valence-electron chi connectivity index (χ0n) is 20.9. The molecule has 1 aliphatic heterocycles. The van der Waals surface area contributed by atoms with Crippen LogP contribution in [0.2, 0.25) is 0 Å². The van der Waals surface area contributed by atoms with Crippen LogP contribution in [-0.4, -0.2) is 41.2 Å². The van der Waals surface area contributed by atoms with Crippen LogP contribution in [-0.2, 0) is 20.9 Å². The Morgan fingerprint density at radius 3 is 2.23 bits per heavy atom. The smallest absolute Gasteiger partial charge is 0.338 e. The Bertz CT molecular complexity index is 1490. The Morgan fingerprint density at radius 1 is 0.846 bits per heavy atom. The molecule has 39 heavy (non-hydrogen) atoms. The van der Waals surface area contributed by atoms with E-state index >= 15 is 0 Å². The molecular formula is C31H25N3O5. The lowest BCUT2D eigenvalue weighted by Gasteiger charge is -2.16. The summed E-state index contributed by atoms with van der Waals surface area (Å²) < 4.78 is 5.21. The molecular weight excluding hydrogens is 494 g/mol. The number of pyridine rings is 1. The molecule has 2 heterocycles. The zero-order chi connectivity index (χ0) is 27.2. The quantitative estimate of drug-likeness (QED) is 0.201. The molecule has 1 saturated heterocycles. The maximum atomic E-state index is 12.9. The molecule has 1 fully saturated rings. The van der Waals surface area contributed by atoms with E-state index in [-0.39, 0.29) is 29.6 Å². The number of carbonyl (C=O) groups is 4. The van der Waals surface area contributed by atoms with Crippen molar-refractivity contribution < 1.29 is 23.9 Å². The van der Waals surface area contributed by atoms with Crippen LogP contribution in [0.25, 0.3) is 11.1 Å². The summed E-state index contributed by atoms with van der Waals surface area (Å²) in [4.78, 5) is 55.6. The molecule has 0 saturated carbocycles. The molecule has 194 valence electrons. The highest BCUT2D eigenvalue weighted by molar-refractivity contribution is 6.22. The van der Waals surface area contributed by atoms with Crippen molar-refractivity contribution in [3.05, 3.63) is 120 Å². The second kappa shape index (κ2) is 11.6. The third-order valence-electron chi connectivity index (χ3n) is 6.43. The van der Waals surface area contributed by atoms with E-state index in [1.165, 1.54) is 24.3 Å². The van der Waals surface area contributed by atoms with Crippen LogP contribution in [0.5, 0.6) is 0 Å². The molecule has 0 bridgehead atoms. The van der Waals surface area contributed by atoms with E-state index < -0.39 is 18.6 Å². The third-order valence-corrected chi connectivity index (χ3v) is 6.43. The van der Waals surface area contributed by atoms with Gasteiger partial charge in [0.2, 0.25) is 5.91 Å². The minimum atomic E-state index is -0.675. The van der Waals surface area contributed by atoms with Crippen molar-refractivity contribution >= 4 is 29.3 Å². The number of esters is 1. The van der Waals surface area contributed by atoms with Crippen LogP contribution >= 0.6 is 0 Å². The van der Waals surface area contributed by atoms with Crippen LogP contribution in [0.1, 0.15) is 32.7 Å². The van der Waals surface area contributed by atoms with Gasteiger partial charge in [0.25, 0.3) is 5.91 Å². The number of hydrogen-bond donors (Lipinski definition) is 1. The standard InChI is InChI=1S/C31H25N3O5/c35-28(24-10-8-23(9-11-24)22-6-2-1-3-7-22)20-39-31(38)25-12-14-26(15-13-25)34-29(36)17-27(30(34)37)33-19-21-5-4-16-32-18-21/h1-16,18,27,33H,17,19-20H2. The number of amides is 2. The topological polar surface area (TPSA) is 106 Å². The first-order valence-electron chi connectivity index (χ1n) is 12.4. The second-order valence-electron chi connectivity index (χ2n) is 9.06. The SMILES string of the molecule is O=C(COC(=O)c1ccc(N2C(=O)CC(NCc3cccnc3)C2=O)cc1)c1ccc(-c2ccccc2)cc1. The first-order valence-corrected chi connectivity index (χ1v) is 12.4. The highest BCUT2D eigenvalue weighted by atomic mass is 16.5. The number of nitrogens with one attached hydrogen (secondary N) is 1. The maximum absolute atomic E-state index is 12.9. The fraction of sp³-hybridized carbons (Fsp3) is 0.129. The molecule has 2 amide bonds. The molecule has 0 spiro atoms. The number of ketones is 1. The minimum absolute atomic E-state index is 0.0390. The predicted octanol–water partition coefficient (Wildman–Crippen LogP) is 4.21. The number of anilines is 1. The van der Waals surface area contributed by atoms with E-state index in [1.54, 1.807) is 30.6 Å². The molecule has 5 rings (SSSR count). The highest BCUT2D eigenvalue weighted by Gasteiger charge is 2.39. The average Bonchev–Trinajstić information content (AvgIpc) is 3.28. The van der Waals surface area contributed by atoms with Crippen LogP contribution in [0, 0.1) is 0 Å². The van der Waals surface area contributed by atoms with Gasteiger partial charge in [-0.05, 0) is 47.0 Å². The van der Waals surface area contributed by atoms with E-state index in [0.29, 0.717) is 17.8 Å². The van der Waals surface area contributed by atoms with Crippen LogP contribution < -0.4 is 10.2 Å². The van der Waals surface area contributed by atoms with Gasteiger partial charge < -0.3 is 10.1 Å². The molecule has 0 radical (unpaired) electrons. The molecule has 1 N–H and O–H groups in total. The largest absolute Gasteiger partial charge is 0.454 e. The third kappa shape index (κ3) is 5.97. The lowest BCUT2D eigenvalue weighted by atomic mass is 10.0. The molecule has 1 aromatic heterocycles. The van der Waals surface area contributed by atoms with Crippen molar-refractivity contribution in [1.82, 2.24) is 10.3 Å². The Labute approximate surface area is 225 Å². The maximum Gasteiger partial charge on any atom is 0.338 e. The summed E-state index contributed by atoms with van der Waals surface area (Å²) in [6, 6.07) is 25.9. The second-order valence-corrected chi connectivity index (χ2v) is 9.06. The molecule has 8 heteroatoms. The van der Waals surface area contributed by atoms with Crippen molar-refractivity contribution in [2.45, 2.75) is 19.0 Å². The Balaban J connectivity index is 1.15. The summed E-state index contributed by atoms with van der Waals surface area (Å²) >= 11 is 0. The van der Waals surface area contributed by atoms with Gasteiger partial charge in [0.05, 0.1) is 23.7 Å². The Kier molecular flexibility index (Phi) is 7.65. The Morgan fingerprint density at radius 2 is 1.54 bits per heavy atom. The number of ether oxygens (including phenoxy) is 1. The first-order chi connectivity index (χ1) is 19.0. The van der Waals surface area contributed by atoms with Gasteiger partial charge in [0, 0.05) is 24.5 Å². The molecule has 4 aromatic rings. The van der Waals surface area contributed by atoms with Crippen LogP contribution in [0.3, 0.4) is 0 Å². The van der Waals surface area contributed by atoms with Crippen LogP contribution in [0.4, 0.5) is 5.69 Å². The summed E-state index contributed by atoms with van der Waals surface area (Å²) in [5.74, 6) is -1.69. The highest BCUT2D eigenvalue weighted by Crippen LogP contribution is 2.24. The normalized spacial score (nSPS) is 14.9. The first kappa shape index (κ1) is 25.7. The summed E-state index contributed by atoms with van der Waals surface area (Å²) in [7, 11) is 0. The molecule has 1 atom stereocenters. The van der Waals surface area contributed by atoms with Crippen molar-refractivity contribution in [2.75, 3.05) is 11.5 Å². The van der Waals surface area contributed by atoms with Gasteiger partial charge in [-0.1, -0.05) is 60.7 Å². The number of nitrogens with zero attached hydrogens (tertiary/aromatic N) is 2. The summed E-state index contributed by atoms with van der Waals surface area (Å²) in [5.41, 5.74) is 3.94. The molecule has 0 aliphatic carbocycles. The number of carbonyl (C=O) groups excluding carboxylic acids is 4. The van der Waals surface area contributed by atoms with E-state index in [1.807, 2.05) is 48.5 Å². The lowest BCUT2D eigenvalue weighted by Crippen LogP contribution is -2.38.